The number of pyridine rings is 1. The van der Waals surface area contributed by atoms with E-state index in [0.29, 0.717) is 24.6 Å². The SMILES string of the molecule is Cc1nc(-c2nnn(C)c2COC2CCCCO2)ccc1O[C@H]1CC[C@H](CC(=O)OC(C)C)C1. The molecular weight excluding hydrogens is 436 g/mol. The molecule has 3 heterocycles. The molecule has 186 valence electrons. The number of nitrogens with zero attached hydrogens (tertiary/aromatic N) is 4. The van der Waals surface area contributed by atoms with Crippen molar-refractivity contribution in [2.75, 3.05) is 6.61 Å². The molecular formula is C25H36N4O5. The molecule has 0 spiro atoms. The molecule has 0 radical (unpaired) electrons. The summed E-state index contributed by atoms with van der Waals surface area (Å²) in [7, 11) is 1.86. The van der Waals surface area contributed by atoms with Crippen molar-refractivity contribution in [3.05, 3.63) is 23.5 Å². The first-order valence-corrected chi connectivity index (χ1v) is 12.3. The van der Waals surface area contributed by atoms with E-state index < -0.39 is 0 Å². The van der Waals surface area contributed by atoms with E-state index >= 15 is 0 Å². The molecule has 9 heteroatoms. The molecule has 1 saturated carbocycles. The van der Waals surface area contributed by atoms with Crippen LogP contribution in [0.25, 0.3) is 11.4 Å². The summed E-state index contributed by atoms with van der Waals surface area (Å²) in [6, 6.07) is 3.86. The first-order valence-electron chi connectivity index (χ1n) is 12.3. The predicted octanol–water partition coefficient (Wildman–Crippen LogP) is 4.12. The van der Waals surface area contributed by atoms with Crippen molar-refractivity contribution in [1.29, 1.82) is 0 Å². The highest BCUT2D eigenvalue weighted by atomic mass is 16.7. The van der Waals surface area contributed by atoms with Crippen LogP contribution in [-0.2, 0) is 32.7 Å². The normalized spacial score (nSPS) is 22.8. The third-order valence-electron chi connectivity index (χ3n) is 6.38. The minimum atomic E-state index is -0.176. The summed E-state index contributed by atoms with van der Waals surface area (Å²) < 4.78 is 24.9. The molecule has 0 bridgehead atoms. The third kappa shape index (κ3) is 6.33. The molecule has 34 heavy (non-hydrogen) atoms. The van der Waals surface area contributed by atoms with Gasteiger partial charge in [0.25, 0.3) is 0 Å². The third-order valence-corrected chi connectivity index (χ3v) is 6.38. The summed E-state index contributed by atoms with van der Waals surface area (Å²) in [4.78, 5) is 16.7. The zero-order valence-corrected chi connectivity index (χ0v) is 20.7. The molecule has 2 aromatic rings. The van der Waals surface area contributed by atoms with Crippen molar-refractivity contribution < 1.29 is 23.7 Å². The largest absolute Gasteiger partial charge is 0.489 e. The van der Waals surface area contributed by atoms with Gasteiger partial charge in [0.15, 0.2) is 6.29 Å². The second-order valence-corrected chi connectivity index (χ2v) is 9.56. The fourth-order valence-corrected chi connectivity index (χ4v) is 4.60. The molecule has 0 N–H and O–H groups in total. The molecule has 1 unspecified atom stereocenters. The molecule has 2 aromatic heterocycles. The molecule has 3 atom stereocenters. The maximum absolute atomic E-state index is 12.0. The predicted molar refractivity (Wildman–Crippen MR) is 125 cm³/mol. The standard InChI is InChI=1S/C25H36N4O5/c1-16(2)33-23(30)14-18-8-9-19(13-18)34-22-11-10-20(26-17(22)3)25-21(29(4)28-27-25)15-32-24-7-5-6-12-31-24/h10-11,16,18-19,24H,5-9,12-15H2,1-4H3/t18-,19-,24?/m0/s1. The van der Waals surface area contributed by atoms with Gasteiger partial charge in [-0.3, -0.25) is 4.79 Å². The lowest BCUT2D eigenvalue weighted by Crippen LogP contribution is -2.22. The number of hydrogen-bond donors (Lipinski definition) is 0. The Morgan fingerprint density at radius 3 is 2.82 bits per heavy atom. The zero-order valence-electron chi connectivity index (χ0n) is 20.7. The summed E-state index contributed by atoms with van der Waals surface area (Å²) in [6.45, 7) is 6.80. The van der Waals surface area contributed by atoms with Gasteiger partial charge >= 0.3 is 5.97 Å². The summed E-state index contributed by atoms with van der Waals surface area (Å²) >= 11 is 0. The molecule has 1 saturated heterocycles. The van der Waals surface area contributed by atoms with Gasteiger partial charge in [-0.25, -0.2) is 9.67 Å². The zero-order chi connectivity index (χ0) is 24.1. The topological polar surface area (TPSA) is 97.6 Å². The Morgan fingerprint density at radius 1 is 1.24 bits per heavy atom. The van der Waals surface area contributed by atoms with E-state index in [1.54, 1.807) is 4.68 Å². The fourth-order valence-electron chi connectivity index (χ4n) is 4.60. The van der Waals surface area contributed by atoms with Crippen LogP contribution < -0.4 is 4.74 Å². The highest BCUT2D eigenvalue weighted by Gasteiger charge is 2.29. The van der Waals surface area contributed by atoms with E-state index in [1.807, 2.05) is 40.0 Å². The Hall–Kier alpha value is -2.52. The summed E-state index contributed by atoms with van der Waals surface area (Å²) in [5.74, 6) is 0.942. The highest BCUT2D eigenvalue weighted by molar-refractivity contribution is 5.69. The number of ether oxygens (including phenoxy) is 4. The average molecular weight is 473 g/mol. The number of hydrogen-bond acceptors (Lipinski definition) is 8. The van der Waals surface area contributed by atoms with Gasteiger partial charge in [0.05, 0.1) is 35.9 Å². The van der Waals surface area contributed by atoms with E-state index in [0.717, 1.165) is 68.0 Å². The smallest absolute Gasteiger partial charge is 0.306 e. The minimum absolute atomic E-state index is 0.0739. The summed E-state index contributed by atoms with van der Waals surface area (Å²) in [5, 5.41) is 8.51. The van der Waals surface area contributed by atoms with Crippen molar-refractivity contribution >= 4 is 5.97 Å². The number of aromatic nitrogens is 4. The maximum atomic E-state index is 12.0. The van der Waals surface area contributed by atoms with Gasteiger partial charge in [0, 0.05) is 20.1 Å². The lowest BCUT2D eigenvalue weighted by molar-refractivity contribution is -0.169. The van der Waals surface area contributed by atoms with E-state index in [2.05, 4.69) is 10.3 Å². The second-order valence-electron chi connectivity index (χ2n) is 9.56. The Kier molecular flexibility index (Phi) is 8.15. The molecule has 0 aromatic carbocycles. The van der Waals surface area contributed by atoms with Crippen LogP contribution in [0.2, 0.25) is 0 Å². The Labute approximate surface area is 201 Å². The molecule has 2 aliphatic rings. The monoisotopic (exact) mass is 472 g/mol. The first-order chi connectivity index (χ1) is 16.4. The second kappa shape index (κ2) is 11.3. The number of carbonyl (C=O) groups excluding carboxylic acids is 1. The lowest BCUT2D eigenvalue weighted by atomic mass is 10.0. The fraction of sp³-hybridized carbons (Fsp3) is 0.680. The molecule has 1 aliphatic heterocycles. The van der Waals surface area contributed by atoms with Crippen LogP contribution in [0.15, 0.2) is 12.1 Å². The van der Waals surface area contributed by atoms with Crippen LogP contribution in [0.5, 0.6) is 5.75 Å². The Balaban J connectivity index is 1.36. The molecule has 9 nitrogen and oxygen atoms in total. The van der Waals surface area contributed by atoms with E-state index in [-0.39, 0.29) is 24.5 Å². The van der Waals surface area contributed by atoms with Gasteiger partial charge < -0.3 is 18.9 Å². The summed E-state index contributed by atoms with van der Waals surface area (Å²) in [5.41, 5.74) is 3.11. The quantitative estimate of drug-likeness (QED) is 0.503. The lowest BCUT2D eigenvalue weighted by Gasteiger charge is -2.22. The van der Waals surface area contributed by atoms with Crippen LogP contribution in [0.3, 0.4) is 0 Å². The van der Waals surface area contributed by atoms with Crippen molar-refractivity contribution in [2.45, 2.75) is 90.8 Å². The van der Waals surface area contributed by atoms with E-state index in [1.165, 1.54) is 0 Å². The maximum Gasteiger partial charge on any atom is 0.306 e. The number of carbonyl (C=O) groups is 1. The van der Waals surface area contributed by atoms with Gasteiger partial charge in [-0.15, -0.1) is 5.10 Å². The first kappa shape index (κ1) is 24.6. The van der Waals surface area contributed by atoms with E-state index in [4.69, 9.17) is 23.9 Å². The molecule has 1 aliphatic carbocycles. The van der Waals surface area contributed by atoms with Gasteiger partial charge in [-0.2, -0.15) is 0 Å². The molecule has 0 amide bonds. The van der Waals surface area contributed by atoms with Gasteiger partial charge in [0.2, 0.25) is 0 Å². The molecule has 4 rings (SSSR count). The van der Waals surface area contributed by atoms with Gasteiger partial charge in [-0.1, -0.05) is 5.21 Å². The van der Waals surface area contributed by atoms with Crippen LogP contribution in [0, 0.1) is 12.8 Å². The number of aryl methyl sites for hydroxylation is 2. The van der Waals surface area contributed by atoms with Crippen LogP contribution in [0.4, 0.5) is 0 Å². The van der Waals surface area contributed by atoms with Crippen molar-refractivity contribution in [2.24, 2.45) is 13.0 Å². The van der Waals surface area contributed by atoms with Crippen LogP contribution >= 0.6 is 0 Å². The molecule has 2 fully saturated rings. The van der Waals surface area contributed by atoms with E-state index in [9.17, 15) is 4.79 Å². The van der Waals surface area contributed by atoms with Crippen molar-refractivity contribution in [3.8, 4) is 17.1 Å². The average Bonchev–Trinajstić information content (AvgIpc) is 3.39. The van der Waals surface area contributed by atoms with Crippen molar-refractivity contribution in [1.82, 2.24) is 20.0 Å². The number of esters is 1. The van der Waals surface area contributed by atoms with Crippen LogP contribution in [-0.4, -0.2) is 51.1 Å². The highest BCUT2D eigenvalue weighted by Crippen LogP contribution is 2.33. The Morgan fingerprint density at radius 2 is 2.09 bits per heavy atom. The van der Waals surface area contributed by atoms with Crippen molar-refractivity contribution in [3.63, 3.8) is 0 Å². The Bertz CT molecular complexity index is 970. The number of rotatable bonds is 9. The van der Waals surface area contributed by atoms with Crippen LogP contribution in [0.1, 0.15) is 70.2 Å². The minimum Gasteiger partial charge on any atom is -0.489 e. The van der Waals surface area contributed by atoms with Gasteiger partial charge in [0.1, 0.15) is 11.4 Å². The van der Waals surface area contributed by atoms with Gasteiger partial charge in [-0.05, 0) is 77.3 Å². The summed E-state index contributed by atoms with van der Waals surface area (Å²) in [6.07, 6.45) is 6.14.